The molecule has 28 heavy (non-hydrogen) atoms. The minimum atomic E-state index is -1.19. The van der Waals surface area contributed by atoms with Crippen molar-refractivity contribution in [3.63, 3.8) is 0 Å². The van der Waals surface area contributed by atoms with Crippen LogP contribution in [0.25, 0.3) is 0 Å². The van der Waals surface area contributed by atoms with Gasteiger partial charge < -0.3 is 14.2 Å². The highest BCUT2D eigenvalue weighted by molar-refractivity contribution is 6.14. The Kier molecular flexibility index (Phi) is 7.20. The van der Waals surface area contributed by atoms with Gasteiger partial charge in [0.25, 0.3) is 0 Å². The number of ketones is 1. The van der Waals surface area contributed by atoms with Crippen LogP contribution in [0.5, 0.6) is 0 Å². The number of hydrogen-bond donors (Lipinski definition) is 0. The molecule has 0 saturated heterocycles. The number of Topliss-reactive ketones (excluding diaryl/α,β-unsaturated/α-hetero) is 1. The molecule has 1 rings (SSSR count). The molecule has 0 aromatic rings. The van der Waals surface area contributed by atoms with Crippen molar-refractivity contribution in [2.24, 2.45) is 17.8 Å². The monoisotopic (exact) mass is 396 g/mol. The van der Waals surface area contributed by atoms with E-state index in [1.54, 1.807) is 62.3 Å². The number of hydrogen-bond acceptors (Lipinski definition) is 7. The lowest BCUT2D eigenvalue weighted by Crippen LogP contribution is -2.50. The number of carbonyl (C=O) groups is 4. The van der Waals surface area contributed by atoms with Crippen LogP contribution in [0.2, 0.25) is 0 Å². The Hall–Kier alpha value is -2.18. The first kappa shape index (κ1) is 23.9. The average Bonchev–Trinajstić information content (AvgIpc) is 2.41. The van der Waals surface area contributed by atoms with Crippen LogP contribution in [0.4, 0.5) is 0 Å². The maximum atomic E-state index is 12.8. The van der Waals surface area contributed by atoms with Crippen LogP contribution in [0.3, 0.4) is 0 Å². The van der Waals surface area contributed by atoms with Crippen LogP contribution in [0.15, 0.2) is 11.1 Å². The van der Waals surface area contributed by atoms with Crippen molar-refractivity contribution in [1.29, 1.82) is 0 Å². The van der Waals surface area contributed by atoms with E-state index in [4.69, 9.17) is 14.2 Å². The fraction of sp³-hybridized carbons (Fsp3) is 0.714. The molecule has 0 radical (unpaired) electrons. The van der Waals surface area contributed by atoms with Crippen LogP contribution in [-0.4, -0.2) is 41.5 Å². The lowest BCUT2D eigenvalue weighted by Gasteiger charge is -2.39. The lowest BCUT2D eigenvalue weighted by atomic mass is 9.64. The van der Waals surface area contributed by atoms with E-state index in [2.05, 4.69) is 0 Å². The molecule has 0 aromatic heterocycles. The van der Waals surface area contributed by atoms with E-state index in [9.17, 15) is 19.2 Å². The minimum Gasteiger partial charge on any atom is -0.463 e. The Labute approximate surface area is 166 Å². The van der Waals surface area contributed by atoms with E-state index in [1.807, 2.05) is 0 Å². The third-order valence-electron chi connectivity index (χ3n) is 3.90. The maximum Gasteiger partial charge on any atom is 0.336 e. The molecule has 0 saturated carbocycles. The summed E-state index contributed by atoms with van der Waals surface area (Å²) in [7, 11) is 0. The second kappa shape index (κ2) is 8.45. The third kappa shape index (κ3) is 5.66. The van der Waals surface area contributed by atoms with Crippen molar-refractivity contribution in [3.05, 3.63) is 11.1 Å². The summed E-state index contributed by atoms with van der Waals surface area (Å²) >= 11 is 0. The Balaban J connectivity index is 3.51. The average molecular weight is 396 g/mol. The molecular formula is C21H32O7. The van der Waals surface area contributed by atoms with Crippen LogP contribution in [0.1, 0.15) is 62.3 Å². The lowest BCUT2D eigenvalue weighted by molar-refractivity contribution is -0.168. The molecule has 0 aliphatic heterocycles. The second-order valence-electron chi connectivity index (χ2n) is 9.10. The van der Waals surface area contributed by atoms with Crippen molar-refractivity contribution in [1.82, 2.24) is 0 Å². The molecule has 2 atom stereocenters. The van der Waals surface area contributed by atoms with E-state index in [-0.39, 0.29) is 23.5 Å². The predicted molar refractivity (Wildman–Crippen MR) is 102 cm³/mol. The van der Waals surface area contributed by atoms with Crippen molar-refractivity contribution >= 4 is 23.7 Å². The second-order valence-corrected chi connectivity index (χ2v) is 9.10. The van der Waals surface area contributed by atoms with Crippen molar-refractivity contribution < 1.29 is 33.4 Å². The van der Waals surface area contributed by atoms with Gasteiger partial charge in [0.15, 0.2) is 0 Å². The number of ether oxygens (including phenoxy) is 3. The molecule has 7 heteroatoms. The van der Waals surface area contributed by atoms with Crippen LogP contribution < -0.4 is 0 Å². The summed E-state index contributed by atoms with van der Waals surface area (Å²) in [5.74, 6) is -5.40. The first-order chi connectivity index (χ1) is 12.6. The summed E-state index contributed by atoms with van der Waals surface area (Å²) in [6.45, 7) is 15.1. The summed E-state index contributed by atoms with van der Waals surface area (Å²) < 4.78 is 15.8. The maximum absolute atomic E-state index is 12.8. The highest BCUT2D eigenvalue weighted by atomic mass is 16.6. The molecule has 158 valence electrons. The van der Waals surface area contributed by atoms with Gasteiger partial charge in [0.2, 0.25) is 0 Å². The summed E-state index contributed by atoms with van der Waals surface area (Å²) in [4.78, 5) is 50.9. The molecule has 0 bridgehead atoms. The smallest absolute Gasteiger partial charge is 0.336 e. The SMILES string of the molecule is CCOC(=O)C1=C(C(=O)OC(C)(C)C)C(C(=O)OC(C)(C)C)C1C(=O)C(C)C. The quantitative estimate of drug-likeness (QED) is 0.503. The van der Waals surface area contributed by atoms with Gasteiger partial charge in [0, 0.05) is 5.92 Å². The van der Waals surface area contributed by atoms with E-state index >= 15 is 0 Å². The Bertz CT molecular complexity index is 687. The van der Waals surface area contributed by atoms with E-state index in [0.717, 1.165) is 0 Å². The molecule has 7 nitrogen and oxygen atoms in total. The summed E-state index contributed by atoms with van der Waals surface area (Å²) in [6.07, 6.45) is 0. The fourth-order valence-corrected chi connectivity index (χ4v) is 2.87. The third-order valence-corrected chi connectivity index (χ3v) is 3.90. The Morgan fingerprint density at radius 2 is 1.29 bits per heavy atom. The molecule has 0 heterocycles. The van der Waals surface area contributed by atoms with E-state index in [0.29, 0.717) is 0 Å². The van der Waals surface area contributed by atoms with Crippen molar-refractivity contribution in [2.75, 3.05) is 6.61 Å². The molecule has 1 aliphatic rings. The van der Waals surface area contributed by atoms with Gasteiger partial charge >= 0.3 is 17.9 Å². The first-order valence-electron chi connectivity index (χ1n) is 9.51. The molecule has 0 spiro atoms. The molecule has 0 fully saturated rings. The zero-order valence-electron chi connectivity index (χ0n) is 18.3. The molecule has 0 N–H and O–H groups in total. The van der Waals surface area contributed by atoms with Gasteiger partial charge in [-0.1, -0.05) is 13.8 Å². The topological polar surface area (TPSA) is 96.0 Å². The van der Waals surface area contributed by atoms with Crippen LogP contribution in [0, 0.1) is 17.8 Å². The summed E-state index contributed by atoms with van der Waals surface area (Å²) in [5.41, 5.74) is -1.91. The van der Waals surface area contributed by atoms with Gasteiger partial charge in [-0.15, -0.1) is 0 Å². The highest BCUT2D eigenvalue weighted by Gasteiger charge is 2.56. The number of carbonyl (C=O) groups excluding carboxylic acids is 4. The van der Waals surface area contributed by atoms with Gasteiger partial charge in [0.1, 0.15) is 22.9 Å². The number of rotatable bonds is 6. The Morgan fingerprint density at radius 1 is 0.821 bits per heavy atom. The van der Waals surface area contributed by atoms with Crippen molar-refractivity contribution in [2.45, 2.75) is 73.5 Å². The van der Waals surface area contributed by atoms with Gasteiger partial charge in [-0.3, -0.25) is 9.59 Å². The Morgan fingerprint density at radius 3 is 1.68 bits per heavy atom. The zero-order valence-corrected chi connectivity index (χ0v) is 18.3. The van der Waals surface area contributed by atoms with E-state index < -0.39 is 46.9 Å². The van der Waals surface area contributed by atoms with Crippen LogP contribution >= 0.6 is 0 Å². The van der Waals surface area contributed by atoms with Crippen molar-refractivity contribution in [3.8, 4) is 0 Å². The zero-order chi connectivity index (χ0) is 22.0. The molecule has 2 unspecified atom stereocenters. The van der Waals surface area contributed by atoms with Gasteiger partial charge in [-0.25, -0.2) is 9.59 Å². The van der Waals surface area contributed by atoms with E-state index in [1.165, 1.54) is 0 Å². The summed E-state index contributed by atoms with van der Waals surface area (Å²) in [6, 6.07) is 0. The minimum absolute atomic E-state index is 0.0730. The number of esters is 3. The predicted octanol–water partition coefficient (Wildman–Crippen LogP) is 3.00. The summed E-state index contributed by atoms with van der Waals surface area (Å²) in [5, 5.41) is 0. The largest absolute Gasteiger partial charge is 0.463 e. The normalized spacial score (nSPS) is 19.8. The van der Waals surface area contributed by atoms with Gasteiger partial charge in [-0.2, -0.15) is 0 Å². The van der Waals surface area contributed by atoms with Gasteiger partial charge in [0.05, 0.1) is 23.7 Å². The molecule has 0 amide bonds. The standard InChI is InChI=1S/C21H32O7/c1-10-26-17(23)13-12(16(22)11(2)3)14(18(24)27-20(4,5)6)15(13)19(25)28-21(7,8)9/h11-12,14H,10H2,1-9H3. The van der Waals surface area contributed by atoms with Crippen LogP contribution in [-0.2, 0) is 33.4 Å². The molecular weight excluding hydrogens is 364 g/mol. The highest BCUT2D eigenvalue weighted by Crippen LogP contribution is 2.45. The molecule has 1 aliphatic carbocycles. The molecule has 0 aromatic carbocycles. The first-order valence-corrected chi connectivity index (χ1v) is 9.51. The van der Waals surface area contributed by atoms with Gasteiger partial charge in [-0.05, 0) is 48.5 Å². The fourth-order valence-electron chi connectivity index (χ4n) is 2.87.